The molecule has 1 saturated carbocycles. The first-order chi connectivity index (χ1) is 13.7. The highest BCUT2D eigenvalue weighted by atomic mass is 16.4. The molecule has 1 aromatic carbocycles. The molecule has 0 atom stereocenters. The number of benzene rings is 1. The fraction of sp³-hybridized carbons (Fsp3) is 0.667. The van der Waals surface area contributed by atoms with Gasteiger partial charge in [0.15, 0.2) is 0 Å². The number of carbonyl (C=O) groups is 2. The Labute approximate surface area is 174 Å². The van der Waals surface area contributed by atoms with Crippen LogP contribution >= 0.6 is 0 Å². The van der Waals surface area contributed by atoms with Gasteiger partial charge in [-0.2, -0.15) is 0 Å². The van der Waals surface area contributed by atoms with Crippen molar-refractivity contribution in [3.05, 3.63) is 29.3 Å². The Morgan fingerprint density at radius 3 is 2.14 bits per heavy atom. The van der Waals surface area contributed by atoms with Gasteiger partial charge in [0.1, 0.15) is 5.75 Å². The normalized spacial score (nSPS) is 15.2. The molecular formula is C24H36O5. The molecule has 3 N–H and O–H groups in total. The van der Waals surface area contributed by atoms with Gasteiger partial charge in [0.05, 0.1) is 10.8 Å². The summed E-state index contributed by atoms with van der Waals surface area (Å²) in [7, 11) is 0. The van der Waals surface area contributed by atoms with E-state index in [1.807, 2.05) is 12.1 Å². The Bertz CT molecular complexity index is 703. The van der Waals surface area contributed by atoms with Gasteiger partial charge < -0.3 is 15.3 Å². The topological polar surface area (TPSA) is 94.8 Å². The molecule has 0 aliphatic heterocycles. The van der Waals surface area contributed by atoms with Gasteiger partial charge in [-0.3, -0.25) is 9.59 Å². The van der Waals surface area contributed by atoms with Crippen LogP contribution in [0.1, 0.15) is 89.2 Å². The Morgan fingerprint density at radius 2 is 1.55 bits per heavy atom. The fourth-order valence-electron chi connectivity index (χ4n) is 3.93. The SMILES string of the molecule is CC(C)(CCCCCc1ccc(O)cc1CCCCCC1(C(=O)O)CC1)C(=O)O. The molecule has 2 rings (SSSR count). The molecule has 5 nitrogen and oxygen atoms in total. The molecule has 1 aromatic rings. The van der Waals surface area contributed by atoms with Crippen LogP contribution in [-0.4, -0.2) is 27.3 Å². The van der Waals surface area contributed by atoms with E-state index in [1.165, 1.54) is 11.1 Å². The molecule has 0 unspecified atom stereocenters. The number of hydrogen-bond donors (Lipinski definition) is 3. The van der Waals surface area contributed by atoms with E-state index < -0.39 is 22.8 Å². The van der Waals surface area contributed by atoms with Crippen LogP contribution in [0.2, 0.25) is 0 Å². The highest BCUT2D eigenvalue weighted by Crippen LogP contribution is 2.50. The van der Waals surface area contributed by atoms with Crippen molar-refractivity contribution in [2.75, 3.05) is 0 Å². The lowest BCUT2D eigenvalue weighted by molar-refractivity contribution is -0.147. The summed E-state index contributed by atoms with van der Waals surface area (Å²) >= 11 is 0. The summed E-state index contributed by atoms with van der Waals surface area (Å²) < 4.78 is 0. The number of aryl methyl sites for hydroxylation is 2. The van der Waals surface area contributed by atoms with E-state index >= 15 is 0 Å². The average molecular weight is 405 g/mol. The molecule has 162 valence electrons. The smallest absolute Gasteiger partial charge is 0.309 e. The quantitative estimate of drug-likeness (QED) is 0.352. The van der Waals surface area contributed by atoms with Gasteiger partial charge >= 0.3 is 11.9 Å². The Hall–Kier alpha value is -2.04. The number of phenols is 1. The van der Waals surface area contributed by atoms with E-state index in [9.17, 15) is 24.9 Å². The van der Waals surface area contributed by atoms with Crippen LogP contribution in [0.25, 0.3) is 0 Å². The van der Waals surface area contributed by atoms with E-state index in [-0.39, 0.29) is 5.75 Å². The van der Waals surface area contributed by atoms with E-state index in [1.54, 1.807) is 19.9 Å². The second kappa shape index (κ2) is 10.1. The van der Waals surface area contributed by atoms with Crippen molar-refractivity contribution >= 4 is 11.9 Å². The second-order valence-electron chi connectivity index (χ2n) is 9.35. The van der Waals surface area contributed by atoms with E-state index in [0.717, 1.165) is 70.6 Å². The monoisotopic (exact) mass is 404 g/mol. The highest BCUT2D eigenvalue weighted by Gasteiger charge is 2.49. The average Bonchev–Trinajstić information content (AvgIpc) is 3.43. The standard InChI is InChI=1S/C24H36O5/c1-23(2,21(26)27)13-7-3-5-9-18-11-12-20(25)17-19(18)10-6-4-8-14-24(15-16-24)22(28)29/h11-12,17,25H,3-10,13-16H2,1-2H3,(H,26,27)(H,28,29). The third kappa shape index (κ3) is 7.06. The van der Waals surface area contributed by atoms with Crippen LogP contribution in [0.4, 0.5) is 0 Å². The molecule has 0 heterocycles. The molecule has 5 heteroatoms. The number of rotatable bonds is 14. The van der Waals surface area contributed by atoms with Crippen LogP contribution < -0.4 is 0 Å². The number of unbranched alkanes of at least 4 members (excludes halogenated alkanes) is 4. The Morgan fingerprint density at radius 1 is 0.931 bits per heavy atom. The molecule has 29 heavy (non-hydrogen) atoms. The third-order valence-electron chi connectivity index (χ3n) is 6.43. The highest BCUT2D eigenvalue weighted by molar-refractivity contribution is 5.77. The maximum atomic E-state index is 11.2. The molecular weight excluding hydrogens is 368 g/mol. The molecule has 1 aliphatic carbocycles. The summed E-state index contributed by atoms with van der Waals surface area (Å²) in [4.78, 5) is 22.4. The van der Waals surface area contributed by atoms with Gasteiger partial charge in [0, 0.05) is 0 Å². The first kappa shape index (κ1) is 23.2. The van der Waals surface area contributed by atoms with E-state index in [4.69, 9.17) is 0 Å². The van der Waals surface area contributed by atoms with Crippen molar-refractivity contribution in [1.82, 2.24) is 0 Å². The van der Waals surface area contributed by atoms with Crippen molar-refractivity contribution in [2.24, 2.45) is 10.8 Å². The van der Waals surface area contributed by atoms with Crippen LogP contribution in [0.15, 0.2) is 18.2 Å². The first-order valence-corrected chi connectivity index (χ1v) is 10.9. The maximum absolute atomic E-state index is 11.2. The molecule has 1 fully saturated rings. The summed E-state index contributed by atoms with van der Waals surface area (Å²) in [6.07, 6.45) is 10.8. The lowest BCUT2D eigenvalue weighted by Gasteiger charge is -2.18. The number of phenolic OH excluding ortho intramolecular Hbond substituents is 1. The maximum Gasteiger partial charge on any atom is 0.309 e. The van der Waals surface area contributed by atoms with Crippen LogP contribution in [0, 0.1) is 10.8 Å². The van der Waals surface area contributed by atoms with Crippen molar-refractivity contribution in [1.29, 1.82) is 0 Å². The first-order valence-electron chi connectivity index (χ1n) is 10.9. The van der Waals surface area contributed by atoms with Gasteiger partial charge in [0.25, 0.3) is 0 Å². The molecule has 0 spiro atoms. The predicted molar refractivity (Wildman–Crippen MR) is 113 cm³/mol. The van der Waals surface area contributed by atoms with Crippen LogP contribution in [0.3, 0.4) is 0 Å². The van der Waals surface area contributed by atoms with Gasteiger partial charge in [-0.05, 0) is 88.5 Å². The zero-order chi connectivity index (χ0) is 21.5. The number of aromatic hydroxyl groups is 1. The molecule has 0 saturated heterocycles. The minimum atomic E-state index is -0.741. The van der Waals surface area contributed by atoms with Crippen molar-refractivity contribution in [3.8, 4) is 5.75 Å². The Kier molecular flexibility index (Phi) is 8.12. The number of carboxylic acids is 2. The predicted octanol–water partition coefficient (Wildman–Crippen LogP) is 5.57. The van der Waals surface area contributed by atoms with Gasteiger partial charge in [-0.1, -0.05) is 31.7 Å². The second-order valence-corrected chi connectivity index (χ2v) is 9.35. The van der Waals surface area contributed by atoms with Gasteiger partial charge in [0.2, 0.25) is 0 Å². The lowest BCUT2D eigenvalue weighted by Crippen LogP contribution is -2.23. The zero-order valence-electron chi connectivity index (χ0n) is 17.9. The van der Waals surface area contributed by atoms with Crippen molar-refractivity contribution in [2.45, 2.75) is 90.9 Å². The largest absolute Gasteiger partial charge is 0.508 e. The van der Waals surface area contributed by atoms with E-state index in [2.05, 4.69) is 0 Å². The summed E-state index contributed by atoms with van der Waals surface area (Å²) in [5, 5.41) is 28.3. The molecule has 0 radical (unpaired) electrons. The van der Waals surface area contributed by atoms with E-state index in [0.29, 0.717) is 6.42 Å². The number of hydrogen-bond acceptors (Lipinski definition) is 3. The Balaban J connectivity index is 1.72. The molecule has 0 bridgehead atoms. The molecule has 0 aromatic heterocycles. The minimum Gasteiger partial charge on any atom is -0.508 e. The van der Waals surface area contributed by atoms with Crippen molar-refractivity contribution in [3.63, 3.8) is 0 Å². The van der Waals surface area contributed by atoms with Gasteiger partial charge in [-0.25, -0.2) is 0 Å². The minimum absolute atomic E-state index is 0.287. The third-order valence-corrected chi connectivity index (χ3v) is 6.43. The summed E-state index contributed by atoms with van der Waals surface area (Å²) in [5.74, 6) is -1.09. The number of aliphatic carboxylic acids is 2. The van der Waals surface area contributed by atoms with Crippen molar-refractivity contribution < 1.29 is 24.9 Å². The molecule has 0 amide bonds. The summed E-state index contributed by atoms with van der Waals surface area (Å²) in [6, 6.07) is 5.58. The summed E-state index contributed by atoms with van der Waals surface area (Å²) in [5.41, 5.74) is 1.34. The lowest BCUT2D eigenvalue weighted by atomic mass is 9.87. The van der Waals surface area contributed by atoms with Crippen LogP contribution in [-0.2, 0) is 22.4 Å². The zero-order valence-corrected chi connectivity index (χ0v) is 17.9. The molecule has 1 aliphatic rings. The van der Waals surface area contributed by atoms with Crippen LogP contribution in [0.5, 0.6) is 5.75 Å². The summed E-state index contributed by atoms with van der Waals surface area (Å²) in [6.45, 7) is 3.55. The number of carboxylic acid groups (broad SMARTS) is 2. The van der Waals surface area contributed by atoms with Gasteiger partial charge in [-0.15, -0.1) is 0 Å². The fourth-order valence-corrected chi connectivity index (χ4v) is 3.93.